The van der Waals surface area contributed by atoms with Gasteiger partial charge in [-0.1, -0.05) is 0 Å². The van der Waals surface area contributed by atoms with Gasteiger partial charge in [0.05, 0.1) is 7.11 Å². The van der Waals surface area contributed by atoms with Crippen LogP contribution in [-0.4, -0.2) is 49.9 Å². The van der Waals surface area contributed by atoms with Gasteiger partial charge in [0.15, 0.2) is 5.78 Å². The molecule has 4 heteroatoms. The molecule has 0 spiro atoms. The molecule has 19 heavy (non-hydrogen) atoms. The monoisotopic (exact) mass is 260 g/mol. The van der Waals surface area contributed by atoms with Crippen molar-refractivity contribution in [2.24, 2.45) is 0 Å². The van der Waals surface area contributed by atoms with Crippen molar-refractivity contribution in [3.63, 3.8) is 0 Å². The standard InChI is InChI=1S/C15H20N2O2/c1-16-9-4-10-17(2)15(16)11-14(18)12-5-7-13(19-3)8-6-12/h5-8,11H,4,9-10H2,1-3H3. The van der Waals surface area contributed by atoms with E-state index in [1.165, 1.54) is 0 Å². The minimum absolute atomic E-state index is 0.0262. The molecule has 1 aromatic carbocycles. The van der Waals surface area contributed by atoms with Gasteiger partial charge < -0.3 is 14.5 Å². The van der Waals surface area contributed by atoms with Gasteiger partial charge in [0.1, 0.15) is 11.6 Å². The molecule has 0 N–H and O–H groups in total. The maximum atomic E-state index is 12.2. The highest BCUT2D eigenvalue weighted by atomic mass is 16.5. The SMILES string of the molecule is COc1ccc(C(=O)C=C2N(C)CCCN2C)cc1. The van der Waals surface area contributed by atoms with Crippen LogP contribution >= 0.6 is 0 Å². The van der Waals surface area contributed by atoms with Gasteiger partial charge in [-0.25, -0.2) is 0 Å². The third kappa shape index (κ3) is 3.08. The summed E-state index contributed by atoms with van der Waals surface area (Å²) in [6.45, 7) is 1.98. The highest BCUT2D eigenvalue weighted by Crippen LogP contribution is 2.17. The average Bonchev–Trinajstić information content (AvgIpc) is 2.43. The molecule has 0 radical (unpaired) electrons. The van der Waals surface area contributed by atoms with Crippen LogP contribution in [0.3, 0.4) is 0 Å². The number of ketones is 1. The van der Waals surface area contributed by atoms with Crippen molar-refractivity contribution in [2.75, 3.05) is 34.3 Å². The van der Waals surface area contributed by atoms with E-state index in [1.54, 1.807) is 37.5 Å². The summed E-state index contributed by atoms with van der Waals surface area (Å²) in [5.41, 5.74) is 0.681. The number of carbonyl (C=O) groups excluding carboxylic acids is 1. The fraction of sp³-hybridized carbons (Fsp3) is 0.400. The molecule has 1 heterocycles. The number of nitrogens with zero attached hydrogens (tertiary/aromatic N) is 2. The third-order valence-electron chi connectivity index (χ3n) is 3.40. The minimum Gasteiger partial charge on any atom is -0.497 e. The second-order valence-corrected chi connectivity index (χ2v) is 4.79. The Morgan fingerprint density at radius 3 is 2.26 bits per heavy atom. The highest BCUT2D eigenvalue weighted by Gasteiger charge is 2.17. The molecule has 4 nitrogen and oxygen atoms in total. The summed E-state index contributed by atoms with van der Waals surface area (Å²) in [6.07, 6.45) is 2.84. The molecule has 0 atom stereocenters. The first kappa shape index (κ1) is 13.5. The number of hydrogen-bond acceptors (Lipinski definition) is 4. The van der Waals surface area contributed by atoms with E-state index < -0.39 is 0 Å². The molecule has 1 fully saturated rings. The van der Waals surface area contributed by atoms with E-state index in [4.69, 9.17) is 4.74 Å². The van der Waals surface area contributed by atoms with Crippen LogP contribution in [0.4, 0.5) is 0 Å². The second-order valence-electron chi connectivity index (χ2n) is 4.79. The molecular weight excluding hydrogens is 240 g/mol. The predicted molar refractivity (Wildman–Crippen MR) is 75.3 cm³/mol. The summed E-state index contributed by atoms with van der Waals surface area (Å²) < 4.78 is 5.09. The predicted octanol–water partition coefficient (Wildman–Crippen LogP) is 1.99. The summed E-state index contributed by atoms with van der Waals surface area (Å²) in [4.78, 5) is 16.5. The molecular formula is C15H20N2O2. The maximum Gasteiger partial charge on any atom is 0.189 e. The summed E-state index contributed by atoms with van der Waals surface area (Å²) in [5, 5.41) is 0. The molecule has 2 rings (SSSR count). The molecule has 0 unspecified atom stereocenters. The number of allylic oxidation sites excluding steroid dienone is 1. The normalized spacial score (nSPS) is 15.4. The maximum absolute atomic E-state index is 12.2. The first-order valence-electron chi connectivity index (χ1n) is 6.44. The van der Waals surface area contributed by atoms with E-state index in [1.807, 2.05) is 14.1 Å². The second kappa shape index (κ2) is 5.78. The van der Waals surface area contributed by atoms with E-state index in [2.05, 4.69) is 9.80 Å². The van der Waals surface area contributed by atoms with Crippen molar-refractivity contribution in [3.05, 3.63) is 41.7 Å². The summed E-state index contributed by atoms with van der Waals surface area (Å²) in [7, 11) is 5.65. The van der Waals surface area contributed by atoms with Crippen LogP contribution in [0.2, 0.25) is 0 Å². The Balaban J connectivity index is 2.18. The summed E-state index contributed by atoms with van der Waals surface area (Å²) in [6, 6.07) is 7.20. The third-order valence-corrected chi connectivity index (χ3v) is 3.40. The van der Waals surface area contributed by atoms with Gasteiger partial charge >= 0.3 is 0 Å². The number of methoxy groups -OCH3 is 1. The summed E-state index contributed by atoms with van der Waals surface area (Å²) >= 11 is 0. The Hall–Kier alpha value is -1.97. The quantitative estimate of drug-likeness (QED) is 0.614. The van der Waals surface area contributed by atoms with Gasteiger partial charge in [0.25, 0.3) is 0 Å². The van der Waals surface area contributed by atoms with Crippen molar-refractivity contribution >= 4 is 5.78 Å². The minimum atomic E-state index is 0.0262. The molecule has 1 aliphatic heterocycles. The number of ether oxygens (including phenoxy) is 1. The van der Waals surface area contributed by atoms with E-state index in [-0.39, 0.29) is 5.78 Å². The van der Waals surface area contributed by atoms with E-state index in [0.717, 1.165) is 31.1 Å². The van der Waals surface area contributed by atoms with Crippen molar-refractivity contribution in [1.82, 2.24) is 9.80 Å². The van der Waals surface area contributed by atoms with Crippen molar-refractivity contribution in [3.8, 4) is 5.75 Å². The molecule has 0 aliphatic carbocycles. The topological polar surface area (TPSA) is 32.8 Å². The van der Waals surface area contributed by atoms with Gasteiger partial charge in [-0.3, -0.25) is 4.79 Å². The van der Waals surface area contributed by atoms with Crippen LogP contribution in [0.15, 0.2) is 36.2 Å². The molecule has 1 aromatic rings. The van der Waals surface area contributed by atoms with Gasteiger partial charge in [-0.15, -0.1) is 0 Å². The first-order chi connectivity index (χ1) is 9.11. The molecule has 0 amide bonds. The fourth-order valence-corrected chi connectivity index (χ4v) is 2.24. The van der Waals surface area contributed by atoms with Crippen molar-refractivity contribution in [1.29, 1.82) is 0 Å². The van der Waals surface area contributed by atoms with Gasteiger partial charge in [0, 0.05) is 38.8 Å². The molecule has 1 aliphatic rings. The number of carbonyl (C=O) groups is 1. The van der Waals surface area contributed by atoms with E-state index >= 15 is 0 Å². The highest BCUT2D eigenvalue weighted by molar-refractivity contribution is 6.04. The van der Waals surface area contributed by atoms with Crippen LogP contribution in [0, 0.1) is 0 Å². The Bertz CT molecular complexity index is 467. The zero-order valence-corrected chi connectivity index (χ0v) is 11.7. The zero-order chi connectivity index (χ0) is 13.8. The molecule has 102 valence electrons. The number of benzene rings is 1. The lowest BCUT2D eigenvalue weighted by Gasteiger charge is -2.36. The lowest BCUT2D eigenvalue weighted by molar-refractivity contribution is 0.103. The Labute approximate surface area is 114 Å². The average molecular weight is 260 g/mol. The first-order valence-corrected chi connectivity index (χ1v) is 6.44. The van der Waals surface area contributed by atoms with Crippen LogP contribution in [-0.2, 0) is 0 Å². The van der Waals surface area contributed by atoms with Crippen LogP contribution in [0.1, 0.15) is 16.8 Å². The molecule has 0 aromatic heterocycles. The van der Waals surface area contributed by atoms with Crippen molar-refractivity contribution < 1.29 is 9.53 Å². The molecule has 0 bridgehead atoms. The lowest BCUT2D eigenvalue weighted by atomic mass is 10.1. The number of rotatable bonds is 3. The largest absolute Gasteiger partial charge is 0.497 e. The Morgan fingerprint density at radius 2 is 1.74 bits per heavy atom. The summed E-state index contributed by atoms with van der Waals surface area (Å²) in [5.74, 6) is 1.77. The van der Waals surface area contributed by atoms with E-state index in [9.17, 15) is 4.79 Å². The molecule has 0 saturated carbocycles. The van der Waals surface area contributed by atoms with Crippen LogP contribution in [0.5, 0.6) is 5.75 Å². The van der Waals surface area contributed by atoms with Gasteiger partial charge in [-0.2, -0.15) is 0 Å². The van der Waals surface area contributed by atoms with Crippen LogP contribution in [0.25, 0.3) is 0 Å². The lowest BCUT2D eigenvalue weighted by Crippen LogP contribution is -2.38. The number of hydrogen-bond donors (Lipinski definition) is 0. The van der Waals surface area contributed by atoms with Gasteiger partial charge in [0.2, 0.25) is 0 Å². The van der Waals surface area contributed by atoms with E-state index in [0.29, 0.717) is 5.56 Å². The smallest absolute Gasteiger partial charge is 0.189 e. The van der Waals surface area contributed by atoms with Gasteiger partial charge in [-0.05, 0) is 30.7 Å². The zero-order valence-electron chi connectivity index (χ0n) is 11.7. The fourth-order valence-electron chi connectivity index (χ4n) is 2.24. The molecule has 1 saturated heterocycles. The Kier molecular flexibility index (Phi) is 4.10. The van der Waals surface area contributed by atoms with Crippen LogP contribution < -0.4 is 4.74 Å². The Morgan fingerprint density at radius 1 is 1.16 bits per heavy atom. The van der Waals surface area contributed by atoms with Crippen molar-refractivity contribution in [2.45, 2.75) is 6.42 Å².